The van der Waals surface area contributed by atoms with Gasteiger partial charge in [-0.3, -0.25) is 9.97 Å². The maximum Gasteiger partial charge on any atom is 0.155 e. The Balaban J connectivity index is 1.72. The van der Waals surface area contributed by atoms with Gasteiger partial charge in [-0.2, -0.15) is 0 Å². The lowest BCUT2D eigenvalue weighted by Gasteiger charge is -2.07. The number of nitrogens with zero attached hydrogens (tertiary/aromatic N) is 3. The molecular weight excluding hydrogens is 334 g/mol. The Morgan fingerprint density at radius 3 is 2.58 bits per heavy atom. The summed E-state index contributed by atoms with van der Waals surface area (Å²) in [6, 6.07) is 18.5. The second kappa shape index (κ2) is 5.54. The maximum atomic E-state index is 4.74. The summed E-state index contributed by atoms with van der Waals surface area (Å²) in [5.41, 5.74) is 2.94. The van der Waals surface area contributed by atoms with Crippen molar-refractivity contribution in [3.8, 4) is 0 Å². The molecule has 114 valence electrons. The van der Waals surface area contributed by atoms with E-state index >= 15 is 0 Å². The van der Waals surface area contributed by atoms with E-state index in [4.69, 9.17) is 4.98 Å². The number of benzene rings is 2. The summed E-state index contributed by atoms with van der Waals surface area (Å²) in [6.45, 7) is 0. The van der Waals surface area contributed by atoms with Crippen molar-refractivity contribution in [1.82, 2.24) is 15.0 Å². The second-order valence-electron chi connectivity index (χ2n) is 5.40. The zero-order chi connectivity index (χ0) is 15.9. The van der Waals surface area contributed by atoms with E-state index in [0.717, 1.165) is 36.6 Å². The van der Waals surface area contributed by atoms with Crippen LogP contribution in [0.5, 0.6) is 0 Å². The van der Waals surface area contributed by atoms with E-state index in [-0.39, 0.29) is 0 Å². The van der Waals surface area contributed by atoms with Crippen molar-refractivity contribution in [2.45, 2.75) is 9.24 Å². The molecule has 3 nitrogen and oxygen atoms in total. The molecular formula is C19H11N3S2. The van der Waals surface area contributed by atoms with Gasteiger partial charge in [-0.05, 0) is 30.3 Å². The minimum Gasteiger partial charge on any atom is -0.254 e. The Labute approximate surface area is 146 Å². The molecule has 5 aromatic rings. The molecule has 0 fully saturated rings. The van der Waals surface area contributed by atoms with E-state index in [2.05, 4.69) is 46.4 Å². The standard InChI is InChI=1S/C19H11N3S2/c1-2-8-15-14(7-1)22-19(23-15)24-16-11-12-5-3-9-20-17(12)18-13(16)6-4-10-21-18/h1-11H. The van der Waals surface area contributed by atoms with E-state index in [9.17, 15) is 0 Å². The highest BCUT2D eigenvalue weighted by Crippen LogP contribution is 2.39. The summed E-state index contributed by atoms with van der Waals surface area (Å²) in [4.78, 5) is 15.0. The molecule has 0 N–H and O–H groups in total. The van der Waals surface area contributed by atoms with Gasteiger partial charge < -0.3 is 0 Å². The quantitative estimate of drug-likeness (QED) is 0.394. The number of fused-ring (bicyclic) bond motifs is 4. The third kappa shape index (κ3) is 2.25. The molecule has 24 heavy (non-hydrogen) atoms. The predicted octanol–water partition coefficient (Wildman–Crippen LogP) is 5.54. The van der Waals surface area contributed by atoms with Crippen LogP contribution in [-0.2, 0) is 0 Å². The topological polar surface area (TPSA) is 38.7 Å². The largest absolute Gasteiger partial charge is 0.254 e. The third-order valence-corrected chi connectivity index (χ3v) is 6.05. The number of pyridine rings is 2. The summed E-state index contributed by atoms with van der Waals surface area (Å²) in [5.74, 6) is 0. The van der Waals surface area contributed by atoms with Crippen molar-refractivity contribution in [2.24, 2.45) is 0 Å². The van der Waals surface area contributed by atoms with Crippen LogP contribution < -0.4 is 0 Å². The van der Waals surface area contributed by atoms with Crippen LogP contribution in [0, 0.1) is 0 Å². The maximum absolute atomic E-state index is 4.74. The summed E-state index contributed by atoms with van der Waals surface area (Å²) >= 11 is 3.42. The van der Waals surface area contributed by atoms with Gasteiger partial charge in [0.15, 0.2) is 4.34 Å². The summed E-state index contributed by atoms with van der Waals surface area (Å²) < 4.78 is 2.26. The van der Waals surface area contributed by atoms with Crippen molar-refractivity contribution in [2.75, 3.05) is 0 Å². The molecule has 5 rings (SSSR count). The zero-order valence-electron chi connectivity index (χ0n) is 12.5. The smallest absolute Gasteiger partial charge is 0.155 e. The molecule has 2 aromatic carbocycles. The van der Waals surface area contributed by atoms with Gasteiger partial charge in [-0.1, -0.05) is 36.0 Å². The molecule has 0 spiro atoms. The Morgan fingerprint density at radius 2 is 1.67 bits per heavy atom. The summed E-state index contributed by atoms with van der Waals surface area (Å²) in [6.07, 6.45) is 3.64. The van der Waals surface area contributed by atoms with Crippen molar-refractivity contribution >= 4 is 55.1 Å². The van der Waals surface area contributed by atoms with E-state index in [1.54, 1.807) is 23.1 Å². The van der Waals surface area contributed by atoms with Gasteiger partial charge in [0.25, 0.3) is 0 Å². The molecule has 3 heterocycles. The van der Waals surface area contributed by atoms with E-state index in [0.29, 0.717) is 0 Å². The van der Waals surface area contributed by atoms with Gasteiger partial charge in [0.05, 0.1) is 21.3 Å². The van der Waals surface area contributed by atoms with E-state index < -0.39 is 0 Å². The summed E-state index contributed by atoms with van der Waals surface area (Å²) in [7, 11) is 0. The van der Waals surface area contributed by atoms with Gasteiger partial charge >= 0.3 is 0 Å². The molecule has 0 unspecified atom stereocenters. The highest BCUT2D eigenvalue weighted by atomic mass is 32.2. The Kier molecular flexibility index (Phi) is 3.21. The molecule has 0 saturated heterocycles. The number of para-hydroxylation sites is 1. The lowest BCUT2D eigenvalue weighted by Crippen LogP contribution is -1.87. The number of thiazole rings is 1. The van der Waals surface area contributed by atoms with Gasteiger partial charge in [0, 0.05) is 28.1 Å². The van der Waals surface area contributed by atoms with E-state index in [1.807, 2.05) is 30.6 Å². The Morgan fingerprint density at radius 1 is 0.833 bits per heavy atom. The highest BCUT2D eigenvalue weighted by Gasteiger charge is 2.12. The highest BCUT2D eigenvalue weighted by molar-refractivity contribution is 8.01. The first kappa shape index (κ1) is 13.9. The molecule has 0 amide bonds. The van der Waals surface area contributed by atoms with Crippen LogP contribution in [0.3, 0.4) is 0 Å². The van der Waals surface area contributed by atoms with Crippen LogP contribution in [0.25, 0.3) is 32.0 Å². The average molecular weight is 345 g/mol. The van der Waals surface area contributed by atoms with Crippen molar-refractivity contribution in [3.63, 3.8) is 0 Å². The van der Waals surface area contributed by atoms with Gasteiger partial charge in [0.2, 0.25) is 0 Å². The van der Waals surface area contributed by atoms with Crippen molar-refractivity contribution in [3.05, 3.63) is 67.0 Å². The van der Waals surface area contributed by atoms with E-state index in [1.165, 1.54) is 4.70 Å². The van der Waals surface area contributed by atoms with Crippen molar-refractivity contribution in [1.29, 1.82) is 0 Å². The van der Waals surface area contributed by atoms with Crippen LogP contribution in [0.2, 0.25) is 0 Å². The fourth-order valence-corrected chi connectivity index (χ4v) is 5.01. The molecule has 5 heteroatoms. The first-order valence-corrected chi connectivity index (χ1v) is 9.18. The monoisotopic (exact) mass is 345 g/mol. The van der Waals surface area contributed by atoms with Gasteiger partial charge in [-0.25, -0.2) is 4.98 Å². The van der Waals surface area contributed by atoms with Crippen LogP contribution in [0.4, 0.5) is 0 Å². The third-order valence-electron chi connectivity index (χ3n) is 3.89. The van der Waals surface area contributed by atoms with Gasteiger partial charge in [-0.15, -0.1) is 11.3 Å². The molecule has 0 bridgehead atoms. The van der Waals surface area contributed by atoms with Gasteiger partial charge in [0.1, 0.15) is 0 Å². The minimum atomic E-state index is 0.944. The fraction of sp³-hybridized carbons (Fsp3) is 0. The minimum absolute atomic E-state index is 0.944. The molecule has 0 aliphatic carbocycles. The van der Waals surface area contributed by atoms with Crippen LogP contribution in [-0.4, -0.2) is 15.0 Å². The Hall–Kier alpha value is -2.50. The second-order valence-corrected chi connectivity index (χ2v) is 7.72. The molecule has 0 saturated carbocycles. The van der Waals surface area contributed by atoms with Crippen LogP contribution in [0.1, 0.15) is 0 Å². The number of rotatable bonds is 2. The molecule has 0 atom stereocenters. The summed E-state index contributed by atoms with van der Waals surface area (Å²) in [5, 5.41) is 2.22. The fourth-order valence-electron chi connectivity index (χ4n) is 2.82. The normalized spacial score (nSPS) is 11.5. The lowest BCUT2D eigenvalue weighted by molar-refractivity contribution is 1.30. The Bertz CT molecular complexity index is 1160. The molecule has 0 radical (unpaired) electrons. The molecule has 0 aliphatic heterocycles. The first-order chi connectivity index (χ1) is 11.9. The predicted molar refractivity (Wildman–Crippen MR) is 101 cm³/mol. The lowest BCUT2D eigenvalue weighted by atomic mass is 10.1. The van der Waals surface area contributed by atoms with Crippen molar-refractivity contribution < 1.29 is 0 Å². The number of hydrogen-bond donors (Lipinski definition) is 0. The van der Waals surface area contributed by atoms with Crippen LogP contribution in [0.15, 0.2) is 76.2 Å². The average Bonchev–Trinajstić information content (AvgIpc) is 3.04. The molecule has 0 aliphatic rings. The molecule has 3 aromatic heterocycles. The zero-order valence-corrected chi connectivity index (χ0v) is 14.1. The van der Waals surface area contributed by atoms with Crippen LogP contribution >= 0.6 is 23.1 Å². The number of hydrogen-bond acceptors (Lipinski definition) is 5. The number of aromatic nitrogens is 3. The first-order valence-electron chi connectivity index (χ1n) is 7.54. The SMILES string of the molecule is c1cnc2c(c1)cc(Sc1nc3ccccc3s1)c1cccnc12.